The van der Waals surface area contributed by atoms with E-state index >= 15 is 0 Å². The zero-order valence-electron chi connectivity index (χ0n) is 11.2. The third kappa shape index (κ3) is 2.05. The van der Waals surface area contributed by atoms with Crippen LogP contribution < -0.4 is 0 Å². The Labute approximate surface area is 105 Å². The lowest BCUT2D eigenvalue weighted by Crippen LogP contribution is -2.07. The standard InChI is InChI=1S/C16H25N/c1-13-14-9-5-2-3-6-11-16(14)17-12-8-4-7-10-15(13)17/h2-12H2,1H3. The van der Waals surface area contributed by atoms with E-state index in [-0.39, 0.29) is 0 Å². The molecule has 0 amide bonds. The number of hydrogen-bond acceptors (Lipinski definition) is 0. The lowest BCUT2D eigenvalue weighted by molar-refractivity contribution is 0.566. The van der Waals surface area contributed by atoms with Crippen molar-refractivity contribution in [3.8, 4) is 0 Å². The predicted molar refractivity (Wildman–Crippen MR) is 72.6 cm³/mol. The van der Waals surface area contributed by atoms with Crippen LogP contribution >= 0.6 is 0 Å². The molecule has 0 saturated heterocycles. The van der Waals surface area contributed by atoms with Gasteiger partial charge in [0.05, 0.1) is 0 Å². The quantitative estimate of drug-likeness (QED) is 0.631. The van der Waals surface area contributed by atoms with Gasteiger partial charge >= 0.3 is 0 Å². The van der Waals surface area contributed by atoms with Crippen LogP contribution in [0.25, 0.3) is 0 Å². The summed E-state index contributed by atoms with van der Waals surface area (Å²) < 4.78 is 2.71. The molecule has 0 spiro atoms. The van der Waals surface area contributed by atoms with Crippen molar-refractivity contribution in [1.29, 1.82) is 0 Å². The van der Waals surface area contributed by atoms with E-state index in [4.69, 9.17) is 0 Å². The van der Waals surface area contributed by atoms with Crippen molar-refractivity contribution in [1.82, 2.24) is 4.57 Å². The molecule has 17 heavy (non-hydrogen) atoms. The summed E-state index contributed by atoms with van der Waals surface area (Å²) >= 11 is 0. The molecule has 1 nitrogen and oxygen atoms in total. The van der Waals surface area contributed by atoms with E-state index in [1.807, 2.05) is 0 Å². The fourth-order valence-corrected chi connectivity index (χ4v) is 3.82. The van der Waals surface area contributed by atoms with Crippen molar-refractivity contribution < 1.29 is 0 Å². The van der Waals surface area contributed by atoms with Crippen LogP contribution in [0.4, 0.5) is 0 Å². The van der Waals surface area contributed by atoms with Gasteiger partial charge < -0.3 is 4.57 Å². The lowest BCUT2D eigenvalue weighted by atomic mass is 9.95. The SMILES string of the molecule is Cc1c2c(n3c1CCCCC3)CCCCCC2. The van der Waals surface area contributed by atoms with Crippen LogP contribution in [0.3, 0.4) is 0 Å². The molecule has 3 rings (SSSR count). The van der Waals surface area contributed by atoms with E-state index in [2.05, 4.69) is 11.5 Å². The zero-order valence-corrected chi connectivity index (χ0v) is 11.2. The summed E-state index contributed by atoms with van der Waals surface area (Å²) in [5.41, 5.74) is 6.80. The van der Waals surface area contributed by atoms with Crippen molar-refractivity contribution in [2.75, 3.05) is 0 Å². The first-order valence-electron chi connectivity index (χ1n) is 7.57. The van der Waals surface area contributed by atoms with Crippen LogP contribution in [0.2, 0.25) is 0 Å². The Bertz CT molecular complexity index is 400. The van der Waals surface area contributed by atoms with Gasteiger partial charge in [0.15, 0.2) is 0 Å². The molecule has 0 radical (unpaired) electrons. The molecular formula is C16H25N. The van der Waals surface area contributed by atoms with E-state index in [0.29, 0.717) is 0 Å². The fraction of sp³-hybridized carbons (Fsp3) is 0.750. The van der Waals surface area contributed by atoms with E-state index in [1.54, 1.807) is 22.5 Å². The van der Waals surface area contributed by atoms with Gasteiger partial charge in [-0.15, -0.1) is 0 Å². The summed E-state index contributed by atoms with van der Waals surface area (Å²) in [6, 6.07) is 0. The predicted octanol–water partition coefficient (Wildman–Crippen LogP) is 4.18. The van der Waals surface area contributed by atoms with Crippen LogP contribution in [0, 0.1) is 6.92 Å². The van der Waals surface area contributed by atoms with Crippen LogP contribution in [0.5, 0.6) is 0 Å². The molecule has 0 atom stereocenters. The maximum atomic E-state index is 2.71. The summed E-state index contributed by atoms with van der Waals surface area (Å²) in [6.07, 6.45) is 14.0. The second-order valence-electron chi connectivity index (χ2n) is 5.87. The second-order valence-corrected chi connectivity index (χ2v) is 5.87. The monoisotopic (exact) mass is 231 g/mol. The van der Waals surface area contributed by atoms with Crippen molar-refractivity contribution in [3.63, 3.8) is 0 Å². The highest BCUT2D eigenvalue weighted by atomic mass is 15.0. The molecule has 94 valence electrons. The number of fused-ring (bicyclic) bond motifs is 3. The lowest BCUT2D eigenvalue weighted by Gasteiger charge is -2.14. The van der Waals surface area contributed by atoms with Crippen LogP contribution in [-0.4, -0.2) is 4.57 Å². The van der Waals surface area contributed by atoms with Crippen molar-refractivity contribution >= 4 is 0 Å². The molecule has 2 aliphatic rings. The second kappa shape index (κ2) is 4.88. The normalized spacial score (nSPS) is 21.0. The third-order valence-electron chi connectivity index (χ3n) is 4.77. The van der Waals surface area contributed by atoms with E-state index in [9.17, 15) is 0 Å². The largest absolute Gasteiger partial charge is 0.348 e. The first-order chi connectivity index (χ1) is 8.38. The van der Waals surface area contributed by atoms with Gasteiger partial charge in [-0.2, -0.15) is 0 Å². The van der Waals surface area contributed by atoms with Crippen molar-refractivity contribution in [3.05, 3.63) is 22.5 Å². The van der Waals surface area contributed by atoms with E-state index in [1.165, 1.54) is 70.8 Å². The molecular weight excluding hydrogens is 206 g/mol. The maximum Gasteiger partial charge on any atom is 0.0225 e. The summed E-state index contributed by atoms with van der Waals surface area (Å²) in [5, 5.41) is 0. The number of hydrogen-bond donors (Lipinski definition) is 0. The minimum atomic E-state index is 1.30. The minimum Gasteiger partial charge on any atom is -0.348 e. The Morgan fingerprint density at radius 1 is 0.706 bits per heavy atom. The zero-order chi connectivity index (χ0) is 11.7. The Hall–Kier alpha value is -0.720. The summed E-state index contributed by atoms with van der Waals surface area (Å²) in [5.74, 6) is 0. The molecule has 2 heterocycles. The Morgan fingerprint density at radius 2 is 1.35 bits per heavy atom. The highest BCUT2D eigenvalue weighted by molar-refractivity contribution is 5.39. The highest BCUT2D eigenvalue weighted by Gasteiger charge is 2.21. The van der Waals surface area contributed by atoms with E-state index in [0.717, 1.165) is 0 Å². The molecule has 1 aromatic rings. The van der Waals surface area contributed by atoms with Crippen LogP contribution in [0.1, 0.15) is 67.5 Å². The molecule has 1 aliphatic heterocycles. The Kier molecular flexibility index (Phi) is 3.26. The van der Waals surface area contributed by atoms with Gasteiger partial charge in [-0.25, -0.2) is 0 Å². The fourth-order valence-electron chi connectivity index (χ4n) is 3.82. The molecule has 0 aromatic carbocycles. The summed E-state index contributed by atoms with van der Waals surface area (Å²) in [4.78, 5) is 0. The number of aromatic nitrogens is 1. The Morgan fingerprint density at radius 3 is 2.18 bits per heavy atom. The maximum absolute atomic E-state index is 2.71. The average Bonchev–Trinajstić information content (AvgIpc) is 2.49. The molecule has 0 bridgehead atoms. The van der Waals surface area contributed by atoms with Gasteiger partial charge in [-0.3, -0.25) is 0 Å². The van der Waals surface area contributed by atoms with Gasteiger partial charge in [-0.1, -0.05) is 19.3 Å². The highest BCUT2D eigenvalue weighted by Crippen LogP contribution is 2.31. The summed E-state index contributed by atoms with van der Waals surface area (Å²) in [7, 11) is 0. The Balaban J connectivity index is 2.04. The molecule has 0 saturated carbocycles. The molecule has 1 aromatic heterocycles. The molecule has 0 unspecified atom stereocenters. The smallest absolute Gasteiger partial charge is 0.0225 e. The third-order valence-corrected chi connectivity index (χ3v) is 4.77. The molecule has 0 fully saturated rings. The van der Waals surface area contributed by atoms with Gasteiger partial charge in [0.2, 0.25) is 0 Å². The van der Waals surface area contributed by atoms with Gasteiger partial charge in [0, 0.05) is 17.9 Å². The van der Waals surface area contributed by atoms with Gasteiger partial charge in [-0.05, 0) is 63.0 Å². The molecule has 0 N–H and O–H groups in total. The van der Waals surface area contributed by atoms with Crippen molar-refractivity contribution in [2.24, 2.45) is 0 Å². The number of rotatable bonds is 0. The van der Waals surface area contributed by atoms with Gasteiger partial charge in [0.1, 0.15) is 0 Å². The molecule has 1 aliphatic carbocycles. The average molecular weight is 231 g/mol. The number of nitrogens with zero attached hydrogens (tertiary/aromatic N) is 1. The van der Waals surface area contributed by atoms with E-state index < -0.39 is 0 Å². The topological polar surface area (TPSA) is 4.93 Å². The van der Waals surface area contributed by atoms with Crippen LogP contribution in [-0.2, 0) is 25.8 Å². The first kappa shape index (κ1) is 11.4. The van der Waals surface area contributed by atoms with Crippen LogP contribution in [0.15, 0.2) is 0 Å². The minimum absolute atomic E-state index is 1.30. The molecule has 1 heteroatoms. The summed E-state index contributed by atoms with van der Waals surface area (Å²) in [6.45, 7) is 3.68. The van der Waals surface area contributed by atoms with Crippen molar-refractivity contribution in [2.45, 2.75) is 77.7 Å². The van der Waals surface area contributed by atoms with Gasteiger partial charge in [0.25, 0.3) is 0 Å². The first-order valence-corrected chi connectivity index (χ1v) is 7.57.